The van der Waals surface area contributed by atoms with Gasteiger partial charge in [0.2, 0.25) is 5.69 Å². The van der Waals surface area contributed by atoms with Crippen LogP contribution in [0.4, 0.5) is 17.1 Å². The number of hydrogen-bond acceptors (Lipinski definition) is 7. The number of benzene rings is 3. The van der Waals surface area contributed by atoms with Crippen molar-refractivity contribution in [2.24, 2.45) is 0 Å². The van der Waals surface area contributed by atoms with Crippen LogP contribution in [0.2, 0.25) is 0 Å². The third-order valence-corrected chi connectivity index (χ3v) is 8.88. The molecule has 0 radical (unpaired) electrons. The van der Waals surface area contributed by atoms with E-state index in [-0.39, 0.29) is 25.3 Å². The lowest BCUT2D eigenvalue weighted by Gasteiger charge is -2.26. The molecule has 0 fully saturated rings. The number of nitrogens with zero attached hydrogens (tertiary/aromatic N) is 4. The summed E-state index contributed by atoms with van der Waals surface area (Å²) in [7, 11) is 0. The molecule has 0 aliphatic carbocycles. The van der Waals surface area contributed by atoms with Crippen LogP contribution in [0.15, 0.2) is 90.2 Å². The average Bonchev–Trinajstić information content (AvgIpc) is 3.38. The molecular formula is C36H35N4O6+. The molecule has 3 aromatic carbocycles. The molecule has 10 heteroatoms. The fourth-order valence-electron chi connectivity index (χ4n) is 6.56. The molecule has 0 unspecified atom stereocenters. The van der Waals surface area contributed by atoms with E-state index < -0.39 is 21.7 Å². The second kappa shape index (κ2) is 12.4. The molecule has 0 aromatic heterocycles. The Kier molecular flexibility index (Phi) is 8.62. The van der Waals surface area contributed by atoms with Crippen molar-refractivity contribution in [3.8, 4) is 6.07 Å². The summed E-state index contributed by atoms with van der Waals surface area (Å²) >= 11 is 0. The summed E-state index contributed by atoms with van der Waals surface area (Å²) in [6.45, 7) is 9.31. The van der Waals surface area contributed by atoms with Gasteiger partial charge in [-0.15, -0.1) is 0 Å². The molecule has 234 valence electrons. The molecule has 0 atom stereocenters. The smallest absolute Gasteiger partial charge is 0.305 e. The van der Waals surface area contributed by atoms with Crippen LogP contribution in [-0.2, 0) is 25.2 Å². The predicted molar refractivity (Wildman–Crippen MR) is 175 cm³/mol. The van der Waals surface area contributed by atoms with Crippen LogP contribution in [0, 0.1) is 21.4 Å². The second-order valence-electron chi connectivity index (χ2n) is 12.3. The van der Waals surface area contributed by atoms with Crippen LogP contribution in [0.1, 0.15) is 45.2 Å². The van der Waals surface area contributed by atoms with Crippen molar-refractivity contribution >= 4 is 46.0 Å². The lowest BCUT2D eigenvalue weighted by Crippen LogP contribution is -2.28. The minimum atomic E-state index is -0.961. The Balaban J connectivity index is 1.58. The van der Waals surface area contributed by atoms with E-state index in [1.54, 1.807) is 24.3 Å². The van der Waals surface area contributed by atoms with Crippen molar-refractivity contribution in [2.75, 3.05) is 24.6 Å². The second-order valence-corrected chi connectivity index (χ2v) is 12.3. The number of carbonyl (C=O) groups is 2. The van der Waals surface area contributed by atoms with Crippen LogP contribution in [-0.4, -0.2) is 52.5 Å². The monoisotopic (exact) mass is 619 g/mol. The number of nitro benzene ring substituents is 1. The van der Waals surface area contributed by atoms with E-state index >= 15 is 0 Å². The zero-order valence-corrected chi connectivity index (χ0v) is 26.2. The first-order valence-electron chi connectivity index (χ1n) is 14.9. The minimum absolute atomic E-state index is 0.0458. The zero-order valence-electron chi connectivity index (χ0n) is 26.2. The Bertz CT molecular complexity index is 1930. The quantitative estimate of drug-likeness (QED) is 0.0491. The van der Waals surface area contributed by atoms with Crippen LogP contribution in [0.25, 0.3) is 10.8 Å². The number of carboxylic acids is 1. The number of carboxylic acid groups (broad SMARTS) is 1. The van der Waals surface area contributed by atoms with E-state index in [0.717, 1.165) is 33.4 Å². The Hall–Kier alpha value is -5.56. The predicted octanol–water partition coefficient (Wildman–Crippen LogP) is 6.46. The van der Waals surface area contributed by atoms with Gasteiger partial charge in [-0.1, -0.05) is 44.2 Å². The van der Waals surface area contributed by atoms with Gasteiger partial charge >= 0.3 is 5.97 Å². The number of nitriles is 1. The first-order chi connectivity index (χ1) is 21.9. The molecule has 2 aliphatic rings. The van der Waals surface area contributed by atoms with Gasteiger partial charge in [-0.25, -0.2) is 0 Å². The number of fused-ring (bicyclic) bond motifs is 4. The number of aliphatic carboxylic acids is 1. The highest BCUT2D eigenvalue weighted by Crippen LogP contribution is 2.49. The van der Waals surface area contributed by atoms with Crippen molar-refractivity contribution in [2.45, 2.75) is 44.9 Å². The van der Waals surface area contributed by atoms with E-state index in [1.165, 1.54) is 12.1 Å². The van der Waals surface area contributed by atoms with Crippen molar-refractivity contribution in [3.05, 3.63) is 111 Å². The summed E-state index contributed by atoms with van der Waals surface area (Å²) in [4.78, 5) is 35.4. The number of ether oxygens (including phenoxy) is 1. The first kappa shape index (κ1) is 31.9. The fourth-order valence-corrected chi connectivity index (χ4v) is 6.56. The van der Waals surface area contributed by atoms with E-state index in [9.17, 15) is 30.1 Å². The number of nitro groups is 1. The van der Waals surface area contributed by atoms with Gasteiger partial charge < -0.3 is 14.7 Å². The van der Waals surface area contributed by atoms with Gasteiger partial charge in [0.25, 0.3) is 12.2 Å². The summed E-state index contributed by atoms with van der Waals surface area (Å²) in [5.41, 5.74) is 4.43. The molecule has 2 aliphatic heterocycles. The van der Waals surface area contributed by atoms with Crippen LogP contribution in [0.5, 0.6) is 0 Å². The number of non-ortho nitro benzene ring substituents is 1. The lowest BCUT2D eigenvalue weighted by atomic mass is 9.80. The number of allylic oxidation sites excluding steroid dienone is 6. The molecule has 1 N–H and O–H groups in total. The summed E-state index contributed by atoms with van der Waals surface area (Å²) in [5, 5.41) is 33.3. The molecule has 3 aromatic rings. The van der Waals surface area contributed by atoms with Crippen LogP contribution in [0.3, 0.4) is 0 Å². The highest BCUT2D eigenvalue weighted by atomic mass is 16.6. The molecular weight excluding hydrogens is 584 g/mol. The van der Waals surface area contributed by atoms with E-state index in [2.05, 4.69) is 48.8 Å². The van der Waals surface area contributed by atoms with Crippen LogP contribution < -0.4 is 4.90 Å². The fraction of sp³-hybridized carbons (Fsp3) is 0.278. The third-order valence-electron chi connectivity index (χ3n) is 8.88. The maximum atomic E-state index is 11.5. The molecule has 5 rings (SSSR count). The Morgan fingerprint density at radius 2 is 1.87 bits per heavy atom. The zero-order chi connectivity index (χ0) is 33.2. The molecule has 0 amide bonds. The maximum absolute atomic E-state index is 11.5. The normalized spacial score (nSPS) is 17.3. The van der Waals surface area contributed by atoms with Gasteiger partial charge in [0.15, 0.2) is 12.3 Å². The number of anilines is 1. The van der Waals surface area contributed by atoms with E-state index in [0.29, 0.717) is 29.8 Å². The highest BCUT2D eigenvalue weighted by molar-refractivity contribution is 6.07. The van der Waals surface area contributed by atoms with Crippen molar-refractivity contribution in [1.29, 1.82) is 5.26 Å². The summed E-state index contributed by atoms with van der Waals surface area (Å²) in [5.74, 6) is -0.961. The Morgan fingerprint density at radius 1 is 1.11 bits per heavy atom. The van der Waals surface area contributed by atoms with Crippen molar-refractivity contribution < 1.29 is 28.9 Å². The molecule has 0 saturated heterocycles. The molecule has 46 heavy (non-hydrogen) atoms. The van der Waals surface area contributed by atoms with E-state index in [1.807, 2.05) is 37.0 Å². The number of rotatable bonds is 11. The molecule has 0 saturated carbocycles. The Morgan fingerprint density at radius 3 is 2.57 bits per heavy atom. The van der Waals surface area contributed by atoms with Crippen molar-refractivity contribution in [3.63, 3.8) is 0 Å². The lowest BCUT2D eigenvalue weighted by molar-refractivity contribution is -0.439. The van der Waals surface area contributed by atoms with Crippen molar-refractivity contribution in [1.82, 2.24) is 0 Å². The SMILES string of the molecule is CC1(C)C(=CC=C(C#N)C=CC2=[N+](CCOC=O)c3c(ccc4ccccc34)C2(C)C)N(CCC(=O)O)c2ccc([N+](=O)[O-])cc21. The van der Waals surface area contributed by atoms with Gasteiger partial charge in [-0.2, -0.15) is 9.84 Å². The minimum Gasteiger partial charge on any atom is -0.481 e. The summed E-state index contributed by atoms with van der Waals surface area (Å²) in [6.07, 6.45) is 7.01. The largest absolute Gasteiger partial charge is 0.481 e. The average molecular weight is 620 g/mol. The van der Waals surface area contributed by atoms with Crippen LogP contribution >= 0.6 is 0 Å². The number of carbonyl (C=O) groups excluding carboxylic acids is 1. The standard InChI is InChI=1S/C36H34N4O6/c1-35(2)28-13-11-25-7-5-6-8-27(25)34(28)39(19-20-46-23-41)32(35)16-10-24(22-37)9-15-31-36(3,4)29-21-26(40(44)45)12-14-30(29)38(31)18-17-33(42)43/h5-16,21,23H,17-20H2,1-4H3/p+1. The molecule has 0 bridgehead atoms. The van der Waals surface area contributed by atoms with E-state index in [4.69, 9.17) is 4.74 Å². The number of hydrogen-bond donors (Lipinski definition) is 1. The van der Waals surface area contributed by atoms with Gasteiger partial charge in [0.1, 0.15) is 6.61 Å². The van der Waals surface area contributed by atoms with Gasteiger partial charge in [-0.3, -0.25) is 19.7 Å². The third kappa shape index (κ3) is 5.68. The topological polar surface area (TPSA) is 137 Å². The maximum Gasteiger partial charge on any atom is 0.305 e. The molecule has 0 spiro atoms. The molecule has 10 nitrogen and oxygen atoms in total. The summed E-state index contributed by atoms with van der Waals surface area (Å²) in [6, 6.07) is 19.2. The first-order valence-corrected chi connectivity index (χ1v) is 14.9. The van der Waals surface area contributed by atoms with Gasteiger partial charge in [0, 0.05) is 47.1 Å². The van der Waals surface area contributed by atoms with Gasteiger partial charge in [-0.05, 0) is 55.2 Å². The molecule has 2 heterocycles. The van der Waals surface area contributed by atoms with Gasteiger partial charge in [0.05, 0.1) is 33.8 Å². The summed E-state index contributed by atoms with van der Waals surface area (Å²) < 4.78 is 7.22. The highest BCUT2D eigenvalue weighted by Gasteiger charge is 2.45. The Labute approximate surface area is 267 Å².